The maximum absolute atomic E-state index is 13.1. The molecule has 3 atom stereocenters. The van der Waals surface area contributed by atoms with Crippen molar-refractivity contribution in [3.63, 3.8) is 0 Å². The number of nitrogens with one attached hydrogen (secondary N) is 1. The molecule has 20 heavy (non-hydrogen) atoms. The van der Waals surface area contributed by atoms with Crippen LogP contribution in [0.25, 0.3) is 0 Å². The Morgan fingerprint density at radius 1 is 1.35 bits per heavy atom. The summed E-state index contributed by atoms with van der Waals surface area (Å²) in [6.07, 6.45) is 2.32. The van der Waals surface area contributed by atoms with E-state index in [0.29, 0.717) is 18.7 Å². The van der Waals surface area contributed by atoms with Crippen LogP contribution in [0.2, 0.25) is 0 Å². The van der Waals surface area contributed by atoms with Gasteiger partial charge in [0.1, 0.15) is 23.8 Å². The van der Waals surface area contributed by atoms with Crippen LogP contribution in [0.3, 0.4) is 0 Å². The molecular formula is C15H22FNO3. The van der Waals surface area contributed by atoms with E-state index in [4.69, 9.17) is 9.84 Å². The molecule has 0 aromatic heterocycles. The van der Waals surface area contributed by atoms with E-state index in [-0.39, 0.29) is 24.6 Å². The summed E-state index contributed by atoms with van der Waals surface area (Å²) in [4.78, 5) is 0. The summed E-state index contributed by atoms with van der Waals surface area (Å²) in [5.41, 5.74) is 0. The van der Waals surface area contributed by atoms with Gasteiger partial charge >= 0.3 is 0 Å². The molecule has 0 amide bonds. The van der Waals surface area contributed by atoms with Gasteiger partial charge in [-0.25, -0.2) is 4.39 Å². The Kier molecular flexibility index (Phi) is 5.76. The molecule has 112 valence electrons. The number of halogens is 1. The third kappa shape index (κ3) is 4.16. The summed E-state index contributed by atoms with van der Waals surface area (Å²) in [7, 11) is 0. The standard InChI is InChI=1S/C15H22FNO3/c16-11-4-1-5-12(10-11)20-14-7-2-6-13(15(14)19)17-8-3-9-18/h1,4-5,10,13-15,17-19H,2-3,6-9H2/t13-,14+,15+/m0/s1. The van der Waals surface area contributed by atoms with Crippen LogP contribution in [0.1, 0.15) is 25.7 Å². The summed E-state index contributed by atoms with van der Waals surface area (Å²) in [5, 5.41) is 22.3. The maximum atomic E-state index is 13.1. The van der Waals surface area contributed by atoms with Gasteiger partial charge in [0.25, 0.3) is 0 Å². The van der Waals surface area contributed by atoms with Gasteiger partial charge < -0.3 is 20.3 Å². The zero-order valence-corrected chi connectivity index (χ0v) is 11.5. The molecule has 1 aromatic rings. The lowest BCUT2D eigenvalue weighted by molar-refractivity contribution is -0.0155. The molecule has 1 saturated carbocycles. The SMILES string of the molecule is OCCCN[C@H]1CCC[C@@H](Oc2cccc(F)c2)[C@@H]1O. The van der Waals surface area contributed by atoms with Gasteiger partial charge in [0.2, 0.25) is 0 Å². The first-order chi connectivity index (χ1) is 9.70. The van der Waals surface area contributed by atoms with Crippen molar-refractivity contribution in [1.29, 1.82) is 0 Å². The Labute approximate surface area is 118 Å². The molecule has 1 fully saturated rings. The van der Waals surface area contributed by atoms with Gasteiger partial charge in [0, 0.05) is 18.7 Å². The van der Waals surface area contributed by atoms with Crippen LogP contribution in [-0.2, 0) is 0 Å². The lowest BCUT2D eigenvalue weighted by atomic mass is 9.89. The minimum atomic E-state index is -0.620. The van der Waals surface area contributed by atoms with Crippen molar-refractivity contribution in [3.8, 4) is 5.75 Å². The summed E-state index contributed by atoms with van der Waals surface area (Å²) in [6, 6.07) is 5.95. The Morgan fingerprint density at radius 3 is 2.95 bits per heavy atom. The van der Waals surface area contributed by atoms with Crippen molar-refractivity contribution in [2.24, 2.45) is 0 Å². The fourth-order valence-corrected chi connectivity index (χ4v) is 2.57. The third-order valence-electron chi connectivity index (χ3n) is 3.62. The molecule has 0 aliphatic heterocycles. The van der Waals surface area contributed by atoms with Gasteiger partial charge in [-0.05, 0) is 44.4 Å². The molecular weight excluding hydrogens is 261 g/mol. The zero-order valence-electron chi connectivity index (χ0n) is 11.5. The Balaban J connectivity index is 1.90. The van der Waals surface area contributed by atoms with E-state index < -0.39 is 6.10 Å². The largest absolute Gasteiger partial charge is 0.488 e. The average Bonchev–Trinajstić information content (AvgIpc) is 2.43. The molecule has 0 bridgehead atoms. The second-order valence-corrected chi connectivity index (χ2v) is 5.17. The molecule has 2 rings (SSSR count). The average molecular weight is 283 g/mol. The third-order valence-corrected chi connectivity index (χ3v) is 3.62. The summed E-state index contributed by atoms with van der Waals surface area (Å²) in [5.74, 6) is 0.107. The number of aliphatic hydroxyl groups excluding tert-OH is 2. The van der Waals surface area contributed by atoms with E-state index in [1.165, 1.54) is 12.1 Å². The number of hydrogen-bond donors (Lipinski definition) is 3. The van der Waals surface area contributed by atoms with Gasteiger partial charge in [-0.15, -0.1) is 0 Å². The Morgan fingerprint density at radius 2 is 2.20 bits per heavy atom. The first kappa shape index (κ1) is 15.2. The van der Waals surface area contributed by atoms with Crippen molar-refractivity contribution in [2.45, 2.75) is 43.9 Å². The quantitative estimate of drug-likeness (QED) is 0.692. The normalized spacial score (nSPS) is 26.4. The number of hydrogen-bond acceptors (Lipinski definition) is 4. The van der Waals surface area contributed by atoms with Crippen molar-refractivity contribution < 1.29 is 19.3 Å². The van der Waals surface area contributed by atoms with Crippen LogP contribution in [0, 0.1) is 5.82 Å². The second kappa shape index (κ2) is 7.57. The van der Waals surface area contributed by atoms with Gasteiger partial charge in [-0.3, -0.25) is 0 Å². The van der Waals surface area contributed by atoms with Crippen LogP contribution >= 0.6 is 0 Å². The highest BCUT2D eigenvalue weighted by molar-refractivity contribution is 5.23. The van der Waals surface area contributed by atoms with E-state index in [1.807, 2.05) is 0 Å². The molecule has 1 aromatic carbocycles. The van der Waals surface area contributed by atoms with Gasteiger partial charge in [-0.1, -0.05) is 6.07 Å². The highest BCUT2D eigenvalue weighted by Crippen LogP contribution is 2.24. The van der Waals surface area contributed by atoms with Gasteiger partial charge in [-0.2, -0.15) is 0 Å². The molecule has 1 aliphatic rings. The number of rotatable bonds is 6. The van der Waals surface area contributed by atoms with Crippen LogP contribution in [-0.4, -0.2) is 41.6 Å². The molecule has 1 aliphatic carbocycles. The monoisotopic (exact) mass is 283 g/mol. The fraction of sp³-hybridized carbons (Fsp3) is 0.600. The maximum Gasteiger partial charge on any atom is 0.126 e. The molecule has 0 saturated heterocycles. The second-order valence-electron chi connectivity index (χ2n) is 5.17. The van der Waals surface area contributed by atoms with E-state index >= 15 is 0 Å². The molecule has 0 unspecified atom stereocenters. The van der Waals surface area contributed by atoms with Crippen LogP contribution in [0.5, 0.6) is 5.75 Å². The van der Waals surface area contributed by atoms with Gasteiger partial charge in [0.05, 0.1) is 0 Å². The van der Waals surface area contributed by atoms with E-state index in [1.54, 1.807) is 12.1 Å². The predicted molar refractivity (Wildman–Crippen MR) is 74.2 cm³/mol. The minimum absolute atomic E-state index is 0.0335. The van der Waals surface area contributed by atoms with Crippen LogP contribution < -0.4 is 10.1 Å². The first-order valence-electron chi connectivity index (χ1n) is 7.15. The summed E-state index contributed by atoms with van der Waals surface area (Å²) in [6.45, 7) is 0.809. The number of aliphatic hydroxyl groups is 2. The minimum Gasteiger partial charge on any atom is -0.488 e. The smallest absolute Gasteiger partial charge is 0.126 e. The van der Waals surface area contributed by atoms with Crippen molar-refractivity contribution in [2.75, 3.05) is 13.2 Å². The lowest BCUT2D eigenvalue weighted by Crippen LogP contribution is -2.51. The van der Waals surface area contributed by atoms with E-state index in [0.717, 1.165) is 19.3 Å². The topological polar surface area (TPSA) is 61.7 Å². The fourth-order valence-electron chi connectivity index (χ4n) is 2.57. The molecule has 0 radical (unpaired) electrons. The molecule has 0 spiro atoms. The Bertz CT molecular complexity index is 416. The lowest BCUT2D eigenvalue weighted by Gasteiger charge is -2.35. The van der Waals surface area contributed by atoms with Gasteiger partial charge in [0.15, 0.2) is 0 Å². The van der Waals surface area contributed by atoms with E-state index in [9.17, 15) is 9.50 Å². The van der Waals surface area contributed by atoms with Crippen LogP contribution in [0.4, 0.5) is 4.39 Å². The molecule has 0 heterocycles. The number of ether oxygens (including phenoxy) is 1. The van der Waals surface area contributed by atoms with Crippen molar-refractivity contribution >= 4 is 0 Å². The van der Waals surface area contributed by atoms with Crippen molar-refractivity contribution in [1.82, 2.24) is 5.32 Å². The van der Waals surface area contributed by atoms with Crippen molar-refractivity contribution in [3.05, 3.63) is 30.1 Å². The highest BCUT2D eigenvalue weighted by atomic mass is 19.1. The molecule has 5 heteroatoms. The summed E-state index contributed by atoms with van der Waals surface area (Å²) < 4.78 is 18.8. The Hall–Kier alpha value is -1.17. The van der Waals surface area contributed by atoms with E-state index in [2.05, 4.69) is 5.32 Å². The first-order valence-corrected chi connectivity index (χ1v) is 7.15. The molecule has 4 nitrogen and oxygen atoms in total. The zero-order chi connectivity index (χ0) is 14.4. The predicted octanol–water partition coefficient (Wildman–Crippen LogP) is 1.46. The number of benzene rings is 1. The molecule has 3 N–H and O–H groups in total. The highest BCUT2D eigenvalue weighted by Gasteiger charge is 2.32. The summed E-state index contributed by atoms with van der Waals surface area (Å²) >= 11 is 0. The van der Waals surface area contributed by atoms with Crippen LogP contribution in [0.15, 0.2) is 24.3 Å².